The summed E-state index contributed by atoms with van der Waals surface area (Å²) in [5.74, 6) is 0.0679. The van der Waals surface area contributed by atoms with E-state index in [1.54, 1.807) is 4.90 Å². The second kappa shape index (κ2) is 9.70. The molecule has 6 heteroatoms. The standard InChI is InChI=1S/C25H32ClN3O2/c1-27-18-23(24(30)28(2)16-20-6-4-3-5-7-20)31-25(19-27)12-14-29(15-13-25)17-21-8-10-22(26)11-9-21/h3-11,23H,12-19H2,1-2H3. The van der Waals surface area contributed by atoms with Gasteiger partial charge in [0.2, 0.25) is 0 Å². The van der Waals surface area contributed by atoms with Crippen LogP contribution in [-0.2, 0) is 22.6 Å². The van der Waals surface area contributed by atoms with Crippen LogP contribution < -0.4 is 0 Å². The lowest BCUT2D eigenvalue weighted by Gasteiger charge is -2.49. The Balaban J connectivity index is 1.35. The zero-order chi connectivity index (χ0) is 21.8. The molecule has 2 saturated heterocycles. The highest BCUT2D eigenvalue weighted by Crippen LogP contribution is 2.33. The minimum Gasteiger partial charge on any atom is -0.359 e. The molecule has 0 radical (unpaired) electrons. The molecular weight excluding hydrogens is 410 g/mol. The summed E-state index contributed by atoms with van der Waals surface area (Å²) in [6.45, 7) is 4.99. The van der Waals surface area contributed by atoms with Crippen LogP contribution in [0.25, 0.3) is 0 Å². The number of piperidine rings is 1. The van der Waals surface area contributed by atoms with Crippen molar-refractivity contribution in [3.05, 3.63) is 70.7 Å². The van der Waals surface area contributed by atoms with Crippen molar-refractivity contribution in [3.8, 4) is 0 Å². The molecule has 1 amide bonds. The van der Waals surface area contributed by atoms with Crippen LogP contribution in [0, 0.1) is 0 Å². The number of ether oxygens (including phenoxy) is 1. The summed E-state index contributed by atoms with van der Waals surface area (Å²) in [6, 6.07) is 18.2. The van der Waals surface area contributed by atoms with Crippen LogP contribution in [0.5, 0.6) is 0 Å². The van der Waals surface area contributed by atoms with Crippen molar-refractivity contribution < 1.29 is 9.53 Å². The van der Waals surface area contributed by atoms with Gasteiger partial charge in [-0.2, -0.15) is 0 Å². The third kappa shape index (κ3) is 5.66. The van der Waals surface area contributed by atoms with Gasteiger partial charge in [0.05, 0.1) is 5.60 Å². The Labute approximate surface area is 190 Å². The van der Waals surface area contributed by atoms with Gasteiger partial charge in [-0.15, -0.1) is 0 Å². The fourth-order valence-electron chi connectivity index (χ4n) is 4.77. The molecule has 0 aliphatic carbocycles. The molecule has 31 heavy (non-hydrogen) atoms. The second-order valence-electron chi connectivity index (χ2n) is 9.07. The lowest BCUT2D eigenvalue weighted by molar-refractivity contribution is -0.188. The van der Waals surface area contributed by atoms with Gasteiger partial charge in [0.25, 0.3) is 5.91 Å². The Morgan fingerprint density at radius 3 is 2.45 bits per heavy atom. The predicted octanol–water partition coefficient (Wildman–Crippen LogP) is 3.66. The van der Waals surface area contributed by atoms with Crippen molar-refractivity contribution in [2.24, 2.45) is 0 Å². The van der Waals surface area contributed by atoms with Gasteiger partial charge in [-0.1, -0.05) is 54.1 Å². The van der Waals surface area contributed by atoms with Crippen LogP contribution in [0.2, 0.25) is 5.02 Å². The van der Waals surface area contributed by atoms with E-state index in [0.717, 1.165) is 49.6 Å². The molecule has 0 aromatic heterocycles. The summed E-state index contributed by atoms with van der Waals surface area (Å²) in [5, 5.41) is 0.771. The smallest absolute Gasteiger partial charge is 0.253 e. The molecular formula is C25H32ClN3O2. The Morgan fingerprint density at radius 1 is 1.10 bits per heavy atom. The number of nitrogens with zero attached hydrogens (tertiary/aromatic N) is 3. The molecule has 2 fully saturated rings. The predicted molar refractivity (Wildman–Crippen MR) is 124 cm³/mol. The van der Waals surface area contributed by atoms with Crippen LogP contribution in [0.1, 0.15) is 24.0 Å². The van der Waals surface area contributed by atoms with Crippen molar-refractivity contribution in [2.45, 2.75) is 37.6 Å². The molecule has 166 valence electrons. The third-order valence-electron chi connectivity index (χ3n) is 6.43. The number of morpholine rings is 1. The maximum absolute atomic E-state index is 13.2. The molecule has 0 bridgehead atoms. The van der Waals surface area contributed by atoms with Gasteiger partial charge in [0, 0.05) is 51.3 Å². The summed E-state index contributed by atoms with van der Waals surface area (Å²) in [4.78, 5) is 19.7. The Hall–Kier alpha value is -1.92. The minimum atomic E-state index is -0.407. The monoisotopic (exact) mass is 441 g/mol. The summed E-state index contributed by atoms with van der Waals surface area (Å²) in [6.07, 6.45) is 1.48. The van der Waals surface area contributed by atoms with Gasteiger partial charge in [0.1, 0.15) is 6.10 Å². The number of amides is 1. The molecule has 2 aliphatic rings. The van der Waals surface area contributed by atoms with Gasteiger partial charge in [-0.05, 0) is 43.1 Å². The first-order valence-electron chi connectivity index (χ1n) is 11.0. The van der Waals surface area contributed by atoms with Gasteiger partial charge in [-0.25, -0.2) is 0 Å². The number of carbonyl (C=O) groups is 1. The summed E-state index contributed by atoms with van der Waals surface area (Å²) in [7, 11) is 3.97. The van der Waals surface area contributed by atoms with E-state index in [1.807, 2.05) is 37.4 Å². The maximum atomic E-state index is 13.2. The second-order valence-corrected chi connectivity index (χ2v) is 9.51. The number of halogens is 1. The van der Waals surface area contributed by atoms with E-state index in [9.17, 15) is 4.79 Å². The normalized spacial score (nSPS) is 21.8. The van der Waals surface area contributed by atoms with Crippen molar-refractivity contribution in [1.82, 2.24) is 14.7 Å². The number of hydrogen-bond donors (Lipinski definition) is 0. The molecule has 1 atom stereocenters. The van der Waals surface area contributed by atoms with Gasteiger partial charge in [0.15, 0.2) is 0 Å². The fraction of sp³-hybridized carbons (Fsp3) is 0.480. The highest BCUT2D eigenvalue weighted by molar-refractivity contribution is 6.30. The lowest BCUT2D eigenvalue weighted by Crippen LogP contribution is -2.61. The third-order valence-corrected chi connectivity index (χ3v) is 6.68. The average molecular weight is 442 g/mol. The number of likely N-dealkylation sites (tertiary alicyclic amines) is 1. The van der Waals surface area contributed by atoms with E-state index in [4.69, 9.17) is 16.3 Å². The highest BCUT2D eigenvalue weighted by Gasteiger charge is 2.44. The van der Waals surface area contributed by atoms with Gasteiger partial charge in [-0.3, -0.25) is 9.69 Å². The molecule has 0 N–H and O–H groups in total. The molecule has 2 heterocycles. The van der Waals surface area contributed by atoms with Crippen LogP contribution in [0.4, 0.5) is 0 Å². The SMILES string of the molecule is CN1CC(C(=O)N(C)Cc2ccccc2)OC2(CCN(Cc3ccc(Cl)cc3)CC2)C1. The lowest BCUT2D eigenvalue weighted by atomic mass is 9.88. The van der Waals surface area contributed by atoms with E-state index in [0.29, 0.717) is 13.1 Å². The quantitative estimate of drug-likeness (QED) is 0.709. The van der Waals surface area contributed by atoms with E-state index in [2.05, 4.69) is 41.1 Å². The molecule has 0 saturated carbocycles. The average Bonchev–Trinajstić information content (AvgIpc) is 2.77. The molecule has 5 nitrogen and oxygen atoms in total. The Kier molecular flexibility index (Phi) is 6.97. The first-order valence-corrected chi connectivity index (χ1v) is 11.4. The number of rotatable bonds is 5. The first-order chi connectivity index (χ1) is 14.9. The Bertz CT molecular complexity index is 866. The van der Waals surface area contributed by atoms with Crippen LogP contribution in [0.3, 0.4) is 0 Å². The van der Waals surface area contributed by atoms with Crippen molar-refractivity contribution in [2.75, 3.05) is 40.3 Å². The van der Waals surface area contributed by atoms with E-state index >= 15 is 0 Å². The van der Waals surface area contributed by atoms with E-state index in [-0.39, 0.29) is 11.5 Å². The van der Waals surface area contributed by atoms with Crippen LogP contribution >= 0.6 is 11.6 Å². The largest absolute Gasteiger partial charge is 0.359 e. The molecule has 1 spiro atoms. The fourth-order valence-corrected chi connectivity index (χ4v) is 4.89. The zero-order valence-corrected chi connectivity index (χ0v) is 19.2. The molecule has 4 rings (SSSR count). The van der Waals surface area contributed by atoms with Crippen LogP contribution in [0.15, 0.2) is 54.6 Å². The van der Waals surface area contributed by atoms with Crippen LogP contribution in [-0.4, -0.2) is 72.6 Å². The topological polar surface area (TPSA) is 36.0 Å². The Morgan fingerprint density at radius 2 is 1.77 bits per heavy atom. The molecule has 1 unspecified atom stereocenters. The number of carbonyl (C=O) groups excluding carboxylic acids is 1. The molecule has 2 aromatic rings. The van der Waals surface area contributed by atoms with Crippen molar-refractivity contribution in [1.29, 1.82) is 0 Å². The molecule has 2 aromatic carbocycles. The summed E-state index contributed by atoms with van der Waals surface area (Å²) >= 11 is 6.01. The van der Waals surface area contributed by atoms with Gasteiger partial charge >= 0.3 is 0 Å². The number of likely N-dealkylation sites (N-methyl/N-ethyl adjacent to an activating group) is 2. The zero-order valence-electron chi connectivity index (χ0n) is 18.5. The first kappa shape index (κ1) is 22.3. The van der Waals surface area contributed by atoms with Gasteiger partial charge < -0.3 is 14.5 Å². The highest BCUT2D eigenvalue weighted by atomic mass is 35.5. The maximum Gasteiger partial charge on any atom is 0.253 e. The van der Waals surface area contributed by atoms with Crippen molar-refractivity contribution >= 4 is 17.5 Å². The molecule has 2 aliphatic heterocycles. The van der Waals surface area contributed by atoms with E-state index < -0.39 is 6.10 Å². The summed E-state index contributed by atoms with van der Waals surface area (Å²) < 4.78 is 6.54. The summed E-state index contributed by atoms with van der Waals surface area (Å²) in [5.41, 5.74) is 2.17. The number of benzene rings is 2. The number of hydrogen-bond acceptors (Lipinski definition) is 4. The minimum absolute atomic E-state index is 0.0679. The van der Waals surface area contributed by atoms with Crippen molar-refractivity contribution in [3.63, 3.8) is 0 Å². The van der Waals surface area contributed by atoms with E-state index in [1.165, 1.54) is 5.56 Å².